The predicted molar refractivity (Wildman–Crippen MR) is 86.6 cm³/mol. The van der Waals surface area contributed by atoms with Crippen molar-refractivity contribution in [3.05, 3.63) is 34.9 Å². The normalized spacial score (nSPS) is 15.3. The van der Waals surface area contributed by atoms with Crippen LogP contribution in [0.3, 0.4) is 0 Å². The van der Waals surface area contributed by atoms with Crippen LogP contribution in [0, 0.1) is 0 Å². The van der Waals surface area contributed by atoms with E-state index < -0.39 is 0 Å². The molecule has 1 aliphatic rings. The molecule has 0 spiro atoms. The first-order valence-corrected chi connectivity index (χ1v) is 7.80. The lowest BCUT2D eigenvalue weighted by Crippen LogP contribution is -2.51. The van der Waals surface area contributed by atoms with Crippen molar-refractivity contribution in [2.75, 3.05) is 39.8 Å². The van der Waals surface area contributed by atoms with Gasteiger partial charge in [-0.05, 0) is 24.7 Å². The average molecular weight is 324 g/mol. The zero-order valence-corrected chi connectivity index (χ0v) is 13.8. The van der Waals surface area contributed by atoms with Crippen molar-refractivity contribution in [3.8, 4) is 0 Å². The molecule has 0 unspecified atom stereocenters. The summed E-state index contributed by atoms with van der Waals surface area (Å²) < 4.78 is 0. The molecule has 0 aliphatic carbocycles. The Morgan fingerprint density at radius 2 is 1.82 bits per heavy atom. The Balaban J connectivity index is 1.80. The van der Waals surface area contributed by atoms with E-state index in [1.807, 2.05) is 41.1 Å². The number of carbonyl (C=O) groups is 2. The zero-order chi connectivity index (χ0) is 16.1. The van der Waals surface area contributed by atoms with Crippen molar-refractivity contribution in [1.82, 2.24) is 14.7 Å². The monoisotopic (exact) mass is 323 g/mol. The van der Waals surface area contributed by atoms with Gasteiger partial charge in [0.1, 0.15) is 0 Å². The van der Waals surface area contributed by atoms with Crippen molar-refractivity contribution in [3.63, 3.8) is 0 Å². The van der Waals surface area contributed by atoms with Crippen LogP contribution in [0.2, 0.25) is 5.02 Å². The Morgan fingerprint density at radius 1 is 1.18 bits per heavy atom. The summed E-state index contributed by atoms with van der Waals surface area (Å²) in [5, 5.41) is 0.706. The maximum absolute atomic E-state index is 12.3. The molecule has 1 aromatic rings. The van der Waals surface area contributed by atoms with Crippen LogP contribution < -0.4 is 0 Å². The molecule has 1 aromatic carbocycles. The number of rotatable bonds is 4. The van der Waals surface area contributed by atoms with Crippen LogP contribution in [0.25, 0.3) is 0 Å². The largest absolute Gasteiger partial charge is 0.339 e. The second-order valence-corrected chi connectivity index (χ2v) is 6.13. The van der Waals surface area contributed by atoms with Gasteiger partial charge in [0.25, 0.3) is 0 Å². The highest BCUT2D eigenvalue weighted by Gasteiger charge is 2.22. The summed E-state index contributed by atoms with van der Waals surface area (Å²) in [7, 11) is 1.92. The predicted octanol–water partition coefficient (Wildman–Crippen LogP) is 1.46. The van der Waals surface area contributed by atoms with Crippen molar-refractivity contribution in [2.24, 2.45) is 0 Å². The van der Waals surface area contributed by atoms with Gasteiger partial charge in [-0.25, -0.2) is 0 Å². The van der Waals surface area contributed by atoms with Crippen molar-refractivity contribution >= 4 is 23.4 Å². The van der Waals surface area contributed by atoms with Crippen molar-refractivity contribution in [1.29, 1.82) is 0 Å². The number of carbonyl (C=O) groups excluding carboxylic acids is 2. The van der Waals surface area contributed by atoms with Gasteiger partial charge >= 0.3 is 0 Å². The summed E-state index contributed by atoms with van der Waals surface area (Å²) in [6.45, 7) is 5.09. The van der Waals surface area contributed by atoms with E-state index in [1.165, 1.54) is 0 Å². The van der Waals surface area contributed by atoms with Gasteiger partial charge in [0.2, 0.25) is 11.8 Å². The summed E-state index contributed by atoms with van der Waals surface area (Å²) in [6.07, 6.45) is 0. The minimum atomic E-state index is 0.0742. The fourth-order valence-corrected chi connectivity index (χ4v) is 2.82. The summed E-state index contributed by atoms with van der Waals surface area (Å²) >= 11 is 5.97. The van der Waals surface area contributed by atoms with Crippen LogP contribution in [0.5, 0.6) is 0 Å². The van der Waals surface area contributed by atoms with Gasteiger partial charge in [-0.1, -0.05) is 23.7 Å². The van der Waals surface area contributed by atoms with Gasteiger partial charge < -0.3 is 9.80 Å². The number of piperazine rings is 1. The standard InChI is InChI=1S/C16H22ClN3O2/c1-13(21)19-6-8-20(9-7-19)16(22)12-18(2)11-14-4-3-5-15(17)10-14/h3-5,10H,6-9,11-12H2,1-2H3. The molecule has 1 saturated heterocycles. The van der Waals surface area contributed by atoms with E-state index in [2.05, 4.69) is 0 Å². The molecule has 6 heteroatoms. The van der Waals surface area contributed by atoms with Crippen LogP contribution in [-0.4, -0.2) is 66.3 Å². The van der Waals surface area contributed by atoms with E-state index >= 15 is 0 Å². The molecule has 5 nitrogen and oxygen atoms in total. The van der Waals surface area contributed by atoms with Gasteiger partial charge in [-0.3, -0.25) is 14.5 Å². The number of hydrogen-bond acceptors (Lipinski definition) is 3. The molecule has 0 radical (unpaired) electrons. The number of halogens is 1. The summed E-state index contributed by atoms with van der Waals surface area (Å²) in [6, 6.07) is 7.66. The number of benzene rings is 1. The molecule has 0 saturated carbocycles. The van der Waals surface area contributed by atoms with Crippen LogP contribution in [0.1, 0.15) is 12.5 Å². The lowest BCUT2D eigenvalue weighted by molar-refractivity contribution is -0.139. The highest BCUT2D eigenvalue weighted by molar-refractivity contribution is 6.30. The van der Waals surface area contributed by atoms with E-state index in [-0.39, 0.29) is 11.8 Å². The molecule has 1 heterocycles. The van der Waals surface area contributed by atoms with Gasteiger partial charge in [-0.15, -0.1) is 0 Å². The number of amides is 2. The minimum absolute atomic E-state index is 0.0742. The maximum atomic E-state index is 12.3. The molecule has 22 heavy (non-hydrogen) atoms. The van der Waals surface area contributed by atoms with Crippen LogP contribution in [0.15, 0.2) is 24.3 Å². The molecular weight excluding hydrogens is 302 g/mol. The Morgan fingerprint density at radius 3 is 2.41 bits per heavy atom. The van der Waals surface area contributed by atoms with E-state index in [1.54, 1.807) is 11.8 Å². The molecule has 0 aromatic heterocycles. The third kappa shape index (κ3) is 4.71. The lowest BCUT2D eigenvalue weighted by atomic mass is 10.2. The molecule has 0 bridgehead atoms. The molecule has 2 rings (SSSR count). The van der Waals surface area contributed by atoms with E-state index in [4.69, 9.17) is 11.6 Å². The first-order chi connectivity index (χ1) is 10.5. The van der Waals surface area contributed by atoms with Gasteiger partial charge in [0.05, 0.1) is 6.54 Å². The van der Waals surface area contributed by atoms with Crippen molar-refractivity contribution in [2.45, 2.75) is 13.5 Å². The fourth-order valence-electron chi connectivity index (χ4n) is 2.60. The number of hydrogen-bond donors (Lipinski definition) is 0. The number of likely N-dealkylation sites (N-methyl/N-ethyl adjacent to an activating group) is 1. The van der Waals surface area contributed by atoms with Crippen LogP contribution in [-0.2, 0) is 16.1 Å². The zero-order valence-electron chi connectivity index (χ0n) is 13.1. The maximum Gasteiger partial charge on any atom is 0.236 e. The smallest absolute Gasteiger partial charge is 0.236 e. The Labute approximate surface area is 136 Å². The molecular formula is C16H22ClN3O2. The van der Waals surface area contributed by atoms with Gasteiger partial charge in [0, 0.05) is 44.7 Å². The molecule has 120 valence electrons. The van der Waals surface area contributed by atoms with E-state index in [9.17, 15) is 9.59 Å². The first kappa shape index (κ1) is 16.8. The molecule has 0 N–H and O–H groups in total. The van der Waals surface area contributed by atoms with E-state index in [0.29, 0.717) is 44.3 Å². The second kappa shape index (κ2) is 7.61. The Kier molecular flexibility index (Phi) is 5.80. The minimum Gasteiger partial charge on any atom is -0.339 e. The summed E-state index contributed by atoms with van der Waals surface area (Å²) in [4.78, 5) is 29.2. The molecule has 0 atom stereocenters. The Hall–Kier alpha value is -1.59. The molecule has 1 fully saturated rings. The van der Waals surface area contributed by atoms with Gasteiger partial charge in [-0.2, -0.15) is 0 Å². The summed E-state index contributed by atoms with van der Waals surface area (Å²) in [5.41, 5.74) is 1.09. The molecule has 1 aliphatic heterocycles. The van der Waals surface area contributed by atoms with Crippen LogP contribution >= 0.6 is 11.6 Å². The number of nitrogens with zero attached hydrogens (tertiary/aromatic N) is 3. The van der Waals surface area contributed by atoms with Gasteiger partial charge in [0.15, 0.2) is 0 Å². The highest BCUT2D eigenvalue weighted by Crippen LogP contribution is 2.12. The topological polar surface area (TPSA) is 43.9 Å². The SMILES string of the molecule is CC(=O)N1CCN(C(=O)CN(C)Cc2cccc(Cl)c2)CC1. The average Bonchev–Trinajstić information content (AvgIpc) is 2.47. The first-order valence-electron chi connectivity index (χ1n) is 7.42. The highest BCUT2D eigenvalue weighted by atomic mass is 35.5. The third-order valence-corrected chi connectivity index (χ3v) is 4.06. The lowest BCUT2D eigenvalue weighted by Gasteiger charge is -2.35. The van der Waals surface area contributed by atoms with E-state index in [0.717, 1.165) is 5.56 Å². The fraction of sp³-hybridized carbons (Fsp3) is 0.500. The second-order valence-electron chi connectivity index (χ2n) is 5.69. The third-order valence-electron chi connectivity index (χ3n) is 3.82. The quantitative estimate of drug-likeness (QED) is 0.842. The Bertz CT molecular complexity index is 542. The van der Waals surface area contributed by atoms with Crippen molar-refractivity contribution < 1.29 is 9.59 Å². The molecule has 2 amide bonds. The van der Waals surface area contributed by atoms with Crippen LogP contribution in [0.4, 0.5) is 0 Å². The summed E-state index contributed by atoms with van der Waals surface area (Å²) in [5.74, 6) is 0.179.